The predicted molar refractivity (Wildman–Crippen MR) is 98.3 cm³/mol. The van der Waals surface area contributed by atoms with Crippen molar-refractivity contribution in [1.29, 1.82) is 0 Å². The van der Waals surface area contributed by atoms with Crippen LogP contribution in [0.2, 0.25) is 0 Å². The number of benzene rings is 2. The average Bonchev–Trinajstić information content (AvgIpc) is 2.60. The maximum atomic E-state index is 5.85. The first-order valence-electron chi connectivity index (χ1n) is 8.34. The van der Waals surface area contributed by atoms with E-state index < -0.39 is 9.28 Å². The van der Waals surface area contributed by atoms with E-state index >= 15 is 0 Å². The normalized spacial score (nSPS) is 10.9. The molecule has 0 spiro atoms. The first-order chi connectivity index (χ1) is 11.3. The molecule has 0 aliphatic heterocycles. The molecule has 0 amide bonds. The SMILES string of the molecule is CCO[Si](OCC)c1ccccc1CCCNc1ccccc1. The Labute approximate surface area is 141 Å². The van der Waals surface area contributed by atoms with Crippen molar-refractivity contribution in [2.24, 2.45) is 0 Å². The molecule has 0 saturated carbocycles. The number of aryl methyl sites for hydroxylation is 1. The van der Waals surface area contributed by atoms with Gasteiger partial charge in [-0.3, -0.25) is 0 Å². The van der Waals surface area contributed by atoms with Gasteiger partial charge in [-0.1, -0.05) is 42.5 Å². The van der Waals surface area contributed by atoms with Gasteiger partial charge < -0.3 is 14.2 Å². The second-order valence-corrected chi connectivity index (χ2v) is 6.90. The van der Waals surface area contributed by atoms with E-state index in [2.05, 4.69) is 53.8 Å². The number of hydrogen-bond acceptors (Lipinski definition) is 3. The fourth-order valence-electron chi connectivity index (χ4n) is 2.46. The zero-order valence-electron chi connectivity index (χ0n) is 14.0. The summed E-state index contributed by atoms with van der Waals surface area (Å²) >= 11 is 0. The molecule has 1 N–H and O–H groups in total. The van der Waals surface area contributed by atoms with Crippen LogP contribution in [0, 0.1) is 0 Å². The van der Waals surface area contributed by atoms with Crippen LogP contribution in [-0.2, 0) is 15.3 Å². The van der Waals surface area contributed by atoms with Gasteiger partial charge in [-0.25, -0.2) is 0 Å². The van der Waals surface area contributed by atoms with Gasteiger partial charge in [0.25, 0.3) is 0 Å². The van der Waals surface area contributed by atoms with Crippen LogP contribution in [0.3, 0.4) is 0 Å². The van der Waals surface area contributed by atoms with Crippen molar-refractivity contribution in [3.05, 3.63) is 60.2 Å². The Morgan fingerprint density at radius 2 is 1.52 bits per heavy atom. The molecule has 2 aromatic rings. The van der Waals surface area contributed by atoms with Gasteiger partial charge in [-0.05, 0) is 49.6 Å². The lowest BCUT2D eigenvalue weighted by Gasteiger charge is -2.17. The van der Waals surface area contributed by atoms with E-state index in [1.165, 1.54) is 16.4 Å². The lowest BCUT2D eigenvalue weighted by Crippen LogP contribution is -2.39. The summed E-state index contributed by atoms with van der Waals surface area (Å²) in [6.07, 6.45) is 2.11. The van der Waals surface area contributed by atoms with Crippen molar-refractivity contribution in [2.75, 3.05) is 25.1 Å². The van der Waals surface area contributed by atoms with Gasteiger partial charge in [0.15, 0.2) is 0 Å². The molecule has 0 bridgehead atoms. The largest absolute Gasteiger partial charge is 0.423 e. The Bertz CT molecular complexity index is 556. The molecule has 0 fully saturated rings. The highest BCUT2D eigenvalue weighted by molar-refractivity contribution is 6.61. The van der Waals surface area contributed by atoms with E-state index in [9.17, 15) is 0 Å². The zero-order chi connectivity index (χ0) is 16.3. The maximum Gasteiger partial charge on any atom is 0.423 e. The standard InChI is InChI=1S/C19H26NO2Si/c1-3-21-23(22-4-2)19-15-9-8-11-17(19)12-10-16-20-18-13-6-5-7-14-18/h5-9,11,13-15,20H,3-4,10,12,16H2,1-2H3. The predicted octanol–water partition coefficient (Wildman–Crippen LogP) is 3.50. The Morgan fingerprint density at radius 3 is 2.22 bits per heavy atom. The summed E-state index contributed by atoms with van der Waals surface area (Å²) in [5, 5.41) is 4.71. The third-order valence-electron chi connectivity index (χ3n) is 3.51. The van der Waals surface area contributed by atoms with E-state index in [1.807, 2.05) is 19.9 Å². The number of nitrogens with one attached hydrogen (secondary N) is 1. The van der Waals surface area contributed by atoms with Crippen LogP contribution in [0.5, 0.6) is 0 Å². The van der Waals surface area contributed by atoms with Crippen LogP contribution in [0.15, 0.2) is 54.6 Å². The summed E-state index contributed by atoms with van der Waals surface area (Å²) in [6, 6.07) is 18.8. The molecular formula is C19H26NO2Si. The highest BCUT2D eigenvalue weighted by Gasteiger charge is 2.20. The van der Waals surface area contributed by atoms with E-state index in [0.717, 1.165) is 19.4 Å². The van der Waals surface area contributed by atoms with Crippen LogP contribution in [0.4, 0.5) is 5.69 Å². The van der Waals surface area contributed by atoms with Gasteiger partial charge in [0.1, 0.15) is 0 Å². The number of rotatable bonds is 10. The molecule has 0 aliphatic carbocycles. The van der Waals surface area contributed by atoms with Crippen molar-refractivity contribution < 1.29 is 8.85 Å². The van der Waals surface area contributed by atoms with Crippen LogP contribution in [0.1, 0.15) is 25.8 Å². The van der Waals surface area contributed by atoms with Crippen molar-refractivity contribution in [2.45, 2.75) is 26.7 Å². The Kier molecular flexibility index (Phi) is 7.87. The smallest absolute Gasteiger partial charge is 0.390 e. The summed E-state index contributed by atoms with van der Waals surface area (Å²) in [6.45, 7) is 6.40. The molecular weight excluding hydrogens is 302 g/mol. The van der Waals surface area contributed by atoms with Crippen molar-refractivity contribution in [1.82, 2.24) is 0 Å². The van der Waals surface area contributed by atoms with Crippen LogP contribution < -0.4 is 10.5 Å². The van der Waals surface area contributed by atoms with Gasteiger partial charge in [0.2, 0.25) is 0 Å². The summed E-state index contributed by atoms with van der Waals surface area (Å²) in [5.41, 5.74) is 2.52. The molecule has 2 rings (SSSR count). The quantitative estimate of drug-likeness (QED) is 0.535. The van der Waals surface area contributed by atoms with Crippen molar-refractivity contribution >= 4 is 20.2 Å². The first-order valence-corrected chi connectivity index (χ1v) is 9.66. The zero-order valence-corrected chi connectivity index (χ0v) is 15.0. The molecule has 0 aliphatic rings. The maximum absolute atomic E-state index is 5.85. The summed E-state index contributed by atoms with van der Waals surface area (Å²) in [5.74, 6) is 0. The highest BCUT2D eigenvalue weighted by Crippen LogP contribution is 2.07. The Morgan fingerprint density at radius 1 is 0.870 bits per heavy atom. The topological polar surface area (TPSA) is 30.5 Å². The molecule has 4 heteroatoms. The van der Waals surface area contributed by atoms with Gasteiger partial charge in [0.05, 0.1) is 0 Å². The lowest BCUT2D eigenvalue weighted by atomic mass is 10.1. The Balaban J connectivity index is 1.91. The first kappa shape index (κ1) is 17.7. The molecule has 0 saturated heterocycles. The fraction of sp³-hybridized carbons (Fsp3) is 0.368. The Hall–Kier alpha value is -1.62. The summed E-state index contributed by atoms with van der Waals surface area (Å²) in [7, 11) is -1.36. The highest BCUT2D eigenvalue weighted by atomic mass is 28.3. The summed E-state index contributed by atoms with van der Waals surface area (Å²) < 4.78 is 11.7. The minimum atomic E-state index is -1.36. The van der Waals surface area contributed by atoms with Crippen LogP contribution >= 0.6 is 0 Å². The molecule has 0 aromatic heterocycles. The molecule has 123 valence electrons. The molecule has 0 heterocycles. The average molecular weight is 329 g/mol. The minimum absolute atomic E-state index is 0.693. The molecule has 1 radical (unpaired) electrons. The van der Waals surface area contributed by atoms with Gasteiger partial charge >= 0.3 is 9.28 Å². The fourth-order valence-corrected chi connectivity index (χ4v) is 4.09. The van der Waals surface area contributed by atoms with E-state index in [-0.39, 0.29) is 0 Å². The minimum Gasteiger partial charge on any atom is -0.390 e. The summed E-state index contributed by atoms with van der Waals surface area (Å²) in [4.78, 5) is 0. The van der Waals surface area contributed by atoms with Gasteiger partial charge in [-0.15, -0.1) is 0 Å². The van der Waals surface area contributed by atoms with Crippen molar-refractivity contribution in [3.8, 4) is 0 Å². The molecule has 0 unspecified atom stereocenters. The van der Waals surface area contributed by atoms with E-state index in [0.29, 0.717) is 13.2 Å². The van der Waals surface area contributed by atoms with E-state index in [4.69, 9.17) is 8.85 Å². The second-order valence-electron chi connectivity index (χ2n) is 5.21. The molecule has 2 aromatic carbocycles. The number of para-hydroxylation sites is 1. The number of hydrogen-bond donors (Lipinski definition) is 1. The molecule has 3 nitrogen and oxygen atoms in total. The van der Waals surface area contributed by atoms with Gasteiger partial charge in [-0.2, -0.15) is 0 Å². The lowest BCUT2D eigenvalue weighted by molar-refractivity contribution is 0.225. The molecule has 0 atom stereocenters. The van der Waals surface area contributed by atoms with E-state index in [1.54, 1.807) is 0 Å². The monoisotopic (exact) mass is 328 g/mol. The van der Waals surface area contributed by atoms with Crippen molar-refractivity contribution in [3.63, 3.8) is 0 Å². The van der Waals surface area contributed by atoms with Crippen LogP contribution in [-0.4, -0.2) is 29.0 Å². The second kappa shape index (κ2) is 10.2. The number of anilines is 1. The van der Waals surface area contributed by atoms with Gasteiger partial charge in [0, 0.05) is 25.4 Å². The third kappa shape index (κ3) is 5.82. The molecule has 23 heavy (non-hydrogen) atoms. The van der Waals surface area contributed by atoms with Crippen LogP contribution in [0.25, 0.3) is 0 Å². The third-order valence-corrected chi connectivity index (χ3v) is 5.54.